The summed E-state index contributed by atoms with van der Waals surface area (Å²) < 4.78 is 41.8. The molecular formula is C12H11F3N2O3. The minimum atomic E-state index is -4.48. The van der Waals surface area contributed by atoms with Gasteiger partial charge in [0.15, 0.2) is 0 Å². The Labute approximate surface area is 112 Å². The van der Waals surface area contributed by atoms with E-state index < -0.39 is 23.6 Å². The van der Waals surface area contributed by atoms with Crippen LogP contribution in [0, 0.1) is 5.92 Å². The Morgan fingerprint density at radius 1 is 1.45 bits per heavy atom. The predicted molar refractivity (Wildman–Crippen MR) is 61.7 cm³/mol. The molecule has 1 atom stereocenters. The van der Waals surface area contributed by atoms with Crippen LogP contribution in [-0.2, 0) is 20.5 Å². The topological polar surface area (TPSA) is 59.5 Å². The van der Waals surface area contributed by atoms with E-state index in [1.54, 1.807) is 0 Å². The van der Waals surface area contributed by atoms with E-state index in [-0.39, 0.29) is 24.7 Å². The van der Waals surface area contributed by atoms with E-state index in [0.29, 0.717) is 6.20 Å². The van der Waals surface area contributed by atoms with Gasteiger partial charge in [-0.2, -0.15) is 13.2 Å². The van der Waals surface area contributed by atoms with Crippen molar-refractivity contribution in [3.63, 3.8) is 0 Å². The Hall–Kier alpha value is -2.12. The van der Waals surface area contributed by atoms with E-state index >= 15 is 0 Å². The number of alkyl halides is 3. The summed E-state index contributed by atoms with van der Waals surface area (Å²) in [7, 11) is 1.21. The maximum atomic E-state index is 12.4. The Morgan fingerprint density at radius 2 is 2.15 bits per heavy atom. The van der Waals surface area contributed by atoms with Crippen molar-refractivity contribution in [1.82, 2.24) is 4.98 Å². The molecule has 1 amide bonds. The normalized spacial score (nSPS) is 19.3. The molecule has 1 fully saturated rings. The Bertz CT molecular complexity index is 528. The van der Waals surface area contributed by atoms with E-state index in [0.717, 1.165) is 12.1 Å². The van der Waals surface area contributed by atoms with Crippen molar-refractivity contribution in [2.24, 2.45) is 5.92 Å². The zero-order valence-electron chi connectivity index (χ0n) is 10.5. The second-order valence-electron chi connectivity index (χ2n) is 4.33. The van der Waals surface area contributed by atoms with Gasteiger partial charge in [-0.05, 0) is 12.1 Å². The highest BCUT2D eigenvalue weighted by atomic mass is 19.4. The summed E-state index contributed by atoms with van der Waals surface area (Å²) >= 11 is 0. The fourth-order valence-corrected chi connectivity index (χ4v) is 1.97. The molecule has 1 saturated heterocycles. The molecule has 0 N–H and O–H groups in total. The number of hydrogen-bond acceptors (Lipinski definition) is 4. The van der Waals surface area contributed by atoms with Gasteiger partial charge in [-0.25, -0.2) is 4.98 Å². The second-order valence-corrected chi connectivity index (χ2v) is 4.33. The number of ether oxygens (including phenoxy) is 1. The van der Waals surface area contributed by atoms with Gasteiger partial charge in [0.1, 0.15) is 5.82 Å². The lowest BCUT2D eigenvalue weighted by molar-refractivity contribution is -0.145. The van der Waals surface area contributed by atoms with E-state index in [1.165, 1.54) is 12.0 Å². The van der Waals surface area contributed by atoms with Gasteiger partial charge in [0, 0.05) is 19.2 Å². The summed E-state index contributed by atoms with van der Waals surface area (Å²) in [5, 5.41) is 0. The molecule has 0 radical (unpaired) electrons. The van der Waals surface area contributed by atoms with Gasteiger partial charge in [0.05, 0.1) is 18.6 Å². The first kappa shape index (κ1) is 14.3. The number of pyridine rings is 1. The molecule has 0 aromatic carbocycles. The first-order valence-corrected chi connectivity index (χ1v) is 5.74. The van der Waals surface area contributed by atoms with Crippen LogP contribution in [0.4, 0.5) is 19.0 Å². The summed E-state index contributed by atoms with van der Waals surface area (Å²) in [6.07, 6.45) is -3.85. The van der Waals surface area contributed by atoms with E-state index in [9.17, 15) is 22.8 Å². The zero-order valence-corrected chi connectivity index (χ0v) is 10.5. The lowest BCUT2D eigenvalue weighted by atomic mass is 10.1. The maximum Gasteiger partial charge on any atom is 0.417 e. The van der Waals surface area contributed by atoms with Crippen LogP contribution in [0.3, 0.4) is 0 Å². The molecule has 0 bridgehead atoms. The van der Waals surface area contributed by atoms with Crippen LogP contribution in [0.1, 0.15) is 12.0 Å². The molecule has 1 aromatic rings. The standard InChI is InChI=1S/C12H11F3N2O3/c1-20-11(19)7-4-10(18)17(6-7)9-3-2-8(5-16-9)12(13,14)15/h2-3,5,7H,4,6H2,1H3. The fraction of sp³-hybridized carbons (Fsp3) is 0.417. The quantitative estimate of drug-likeness (QED) is 0.776. The smallest absolute Gasteiger partial charge is 0.417 e. The highest BCUT2D eigenvalue weighted by Gasteiger charge is 2.37. The average Bonchev–Trinajstić information content (AvgIpc) is 2.79. The van der Waals surface area contributed by atoms with Crippen molar-refractivity contribution < 1.29 is 27.5 Å². The lowest BCUT2D eigenvalue weighted by Gasteiger charge is -2.15. The number of aromatic nitrogens is 1. The molecule has 1 unspecified atom stereocenters. The SMILES string of the molecule is COC(=O)C1CC(=O)N(c2ccc(C(F)(F)F)cn2)C1. The largest absolute Gasteiger partial charge is 0.469 e. The van der Waals surface area contributed by atoms with Crippen molar-refractivity contribution in [2.45, 2.75) is 12.6 Å². The number of esters is 1. The van der Waals surface area contributed by atoms with Crippen LogP contribution in [0.5, 0.6) is 0 Å². The number of rotatable bonds is 2. The molecule has 20 heavy (non-hydrogen) atoms. The van der Waals surface area contributed by atoms with Gasteiger partial charge in [0.2, 0.25) is 5.91 Å². The second kappa shape index (κ2) is 5.10. The molecule has 2 heterocycles. The van der Waals surface area contributed by atoms with Crippen molar-refractivity contribution in [3.05, 3.63) is 23.9 Å². The summed E-state index contributed by atoms with van der Waals surface area (Å²) in [6, 6.07) is 1.96. The van der Waals surface area contributed by atoms with Crippen molar-refractivity contribution in [3.8, 4) is 0 Å². The summed E-state index contributed by atoms with van der Waals surface area (Å²) in [5.41, 5.74) is -0.891. The first-order valence-electron chi connectivity index (χ1n) is 5.74. The summed E-state index contributed by atoms with van der Waals surface area (Å²) in [5.74, 6) is -1.41. The summed E-state index contributed by atoms with van der Waals surface area (Å²) in [4.78, 5) is 27.9. The summed E-state index contributed by atoms with van der Waals surface area (Å²) in [6.45, 7) is 0.0594. The molecule has 8 heteroatoms. The molecule has 1 aliphatic rings. The number of halogens is 3. The lowest BCUT2D eigenvalue weighted by Crippen LogP contribution is -2.27. The number of carbonyl (C=O) groups is 2. The monoisotopic (exact) mass is 288 g/mol. The number of hydrogen-bond donors (Lipinski definition) is 0. The number of methoxy groups -OCH3 is 1. The molecule has 0 spiro atoms. The Balaban J connectivity index is 2.16. The molecule has 108 valence electrons. The molecule has 0 saturated carbocycles. The predicted octanol–water partition coefficient (Wildman–Crippen LogP) is 1.63. The van der Waals surface area contributed by atoms with Crippen LogP contribution >= 0.6 is 0 Å². The van der Waals surface area contributed by atoms with E-state index in [4.69, 9.17) is 0 Å². The third kappa shape index (κ3) is 2.73. The number of carbonyl (C=O) groups excluding carboxylic acids is 2. The highest BCUT2D eigenvalue weighted by molar-refractivity contribution is 5.98. The Morgan fingerprint density at radius 3 is 2.65 bits per heavy atom. The van der Waals surface area contributed by atoms with E-state index in [1.807, 2.05) is 0 Å². The third-order valence-electron chi connectivity index (χ3n) is 3.01. The fourth-order valence-electron chi connectivity index (χ4n) is 1.97. The van der Waals surface area contributed by atoms with Gasteiger partial charge in [0.25, 0.3) is 0 Å². The van der Waals surface area contributed by atoms with Crippen molar-refractivity contribution in [1.29, 1.82) is 0 Å². The first-order chi connectivity index (χ1) is 9.32. The number of anilines is 1. The van der Waals surface area contributed by atoms with Crippen LogP contribution in [0.25, 0.3) is 0 Å². The van der Waals surface area contributed by atoms with Gasteiger partial charge < -0.3 is 4.74 Å². The average molecular weight is 288 g/mol. The van der Waals surface area contributed by atoms with Gasteiger partial charge in [-0.1, -0.05) is 0 Å². The molecule has 1 aliphatic heterocycles. The van der Waals surface area contributed by atoms with Gasteiger partial charge in [-0.3, -0.25) is 14.5 Å². The van der Waals surface area contributed by atoms with Crippen LogP contribution in [0.2, 0.25) is 0 Å². The number of nitrogens with zero attached hydrogens (tertiary/aromatic N) is 2. The zero-order chi connectivity index (χ0) is 14.9. The van der Waals surface area contributed by atoms with Crippen LogP contribution < -0.4 is 4.90 Å². The third-order valence-corrected chi connectivity index (χ3v) is 3.01. The van der Waals surface area contributed by atoms with Gasteiger partial charge in [-0.15, -0.1) is 0 Å². The minimum Gasteiger partial charge on any atom is -0.469 e. The van der Waals surface area contributed by atoms with Gasteiger partial charge >= 0.3 is 12.1 Å². The molecule has 2 rings (SSSR count). The van der Waals surface area contributed by atoms with Crippen LogP contribution in [-0.4, -0.2) is 30.5 Å². The van der Waals surface area contributed by atoms with Crippen molar-refractivity contribution >= 4 is 17.7 Å². The number of amides is 1. The van der Waals surface area contributed by atoms with Crippen molar-refractivity contribution in [2.75, 3.05) is 18.6 Å². The maximum absolute atomic E-state index is 12.4. The molecular weight excluding hydrogens is 277 g/mol. The Kier molecular flexibility index (Phi) is 3.65. The molecule has 1 aromatic heterocycles. The molecule has 0 aliphatic carbocycles. The van der Waals surface area contributed by atoms with E-state index in [2.05, 4.69) is 9.72 Å². The van der Waals surface area contributed by atoms with Crippen LogP contribution in [0.15, 0.2) is 18.3 Å². The minimum absolute atomic E-state index is 0.0324. The highest BCUT2D eigenvalue weighted by Crippen LogP contribution is 2.30. The molecule has 5 nitrogen and oxygen atoms in total.